The molecule has 130 valence electrons. The van der Waals surface area contributed by atoms with Gasteiger partial charge in [-0.3, -0.25) is 14.9 Å². The van der Waals surface area contributed by atoms with Crippen LogP contribution in [0.3, 0.4) is 0 Å². The van der Waals surface area contributed by atoms with Gasteiger partial charge in [-0.1, -0.05) is 35.1 Å². The Morgan fingerprint density at radius 2 is 2.08 bits per heavy atom. The number of hydrogen-bond donors (Lipinski definition) is 1. The largest absolute Gasteiger partial charge is 0.330 e. The van der Waals surface area contributed by atoms with Crippen molar-refractivity contribution in [3.8, 4) is 10.6 Å². The minimum atomic E-state index is -0.376. The van der Waals surface area contributed by atoms with Crippen LogP contribution in [-0.2, 0) is 9.59 Å². The molecule has 0 bridgehead atoms. The molecule has 0 spiro atoms. The summed E-state index contributed by atoms with van der Waals surface area (Å²) in [5, 5.41) is 12.4. The van der Waals surface area contributed by atoms with Crippen LogP contribution in [-0.4, -0.2) is 39.5 Å². The van der Waals surface area contributed by atoms with E-state index in [0.717, 1.165) is 35.4 Å². The Balaban J connectivity index is 1.45. The van der Waals surface area contributed by atoms with Crippen LogP contribution in [0, 0.1) is 12.8 Å². The molecule has 2 amide bonds. The molecule has 1 aliphatic carbocycles. The van der Waals surface area contributed by atoms with E-state index >= 15 is 0 Å². The number of carbonyl (C=O) groups excluding carboxylic acids is 2. The first-order chi connectivity index (χ1) is 12.1. The zero-order chi connectivity index (χ0) is 17.4. The summed E-state index contributed by atoms with van der Waals surface area (Å²) in [6.07, 6.45) is 3.51. The van der Waals surface area contributed by atoms with Gasteiger partial charge in [0.05, 0.1) is 0 Å². The maximum atomic E-state index is 12.6. The second-order valence-electron chi connectivity index (χ2n) is 6.74. The summed E-state index contributed by atoms with van der Waals surface area (Å²) in [6.45, 7) is 2.71. The van der Waals surface area contributed by atoms with Crippen LogP contribution in [0.1, 0.15) is 31.2 Å². The van der Waals surface area contributed by atoms with Crippen LogP contribution in [0.25, 0.3) is 10.6 Å². The van der Waals surface area contributed by atoms with E-state index in [9.17, 15) is 9.59 Å². The summed E-state index contributed by atoms with van der Waals surface area (Å²) in [6, 6.07) is 7.65. The number of likely N-dealkylation sites (tertiary alicyclic amines) is 1. The molecule has 1 saturated heterocycles. The van der Waals surface area contributed by atoms with Crippen LogP contribution in [0.15, 0.2) is 24.3 Å². The third-order valence-electron chi connectivity index (χ3n) is 4.69. The second kappa shape index (κ2) is 6.55. The van der Waals surface area contributed by atoms with Gasteiger partial charge in [-0.2, -0.15) is 0 Å². The Hall–Kier alpha value is -2.28. The van der Waals surface area contributed by atoms with Crippen molar-refractivity contribution in [2.24, 2.45) is 5.92 Å². The lowest BCUT2D eigenvalue weighted by atomic mass is 10.1. The smallest absolute Gasteiger partial charge is 0.249 e. The summed E-state index contributed by atoms with van der Waals surface area (Å²) in [5.74, 6) is 0.122. The van der Waals surface area contributed by atoms with Gasteiger partial charge in [-0.15, -0.1) is 10.2 Å². The molecule has 1 saturated carbocycles. The van der Waals surface area contributed by atoms with Gasteiger partial charge in [-0.05, 0) is 38.7 Å². The number of amides is 2. The molecule has 0 unspecified atom stereocenters. The predicted octanol–water partition coefficient (Wildman–Crippen LogP) is 2.85. The predicted molar refractivity (Wildman–Crippen MR) is 96.2 cm³/mol. The number of hydrogen-bond acceptors (Lipinski definition) is 5. The van der Waals surface area contributed by atoms with Crippen LogP contribution < -0.4 is 5.32 Å². The maximum Gasteiger partial charge on any atom is 0.249 e. The summed E-state index contributed by atoms with van der Waals surface area (Å²) in [4.78, 5) is 26.7. The summed E-state index contributed by atoms with van der Waals surface area (Å²) in [7, 11) is 0. The van der Waals surface area contributed by atoms with E-state index < -0.39 is 0 Å². The van der Waals surface area contributed by atoms with E-state index in [1.54, 1.807) is 4.90 Å². The quantitative estimate of drug-likeness (QED) is 0.914. The first kappa shape index (κ1) is 16.2. The van der Waals surface area contributed by atoms with Gasteiger partial charge in [0, 0.05) is 18.0 Å². The normalized spacial score (nSPS) is 19.9. The molecule has 6 nitrogen and oxygen atoms in total. The molecular formula is C18H20N4O2S. The lowest BCUT2D eigenvalue weighted by molar-refractivity contribution is -0.137. The lowest BCUT2D eigenvalue weighted by Gasteiger charge is -2.23. The van der Waals surface area contributed by atoms with E-state index in [-0.39, 0.29) is 23.8 Å². The van der Waals surface area contributed by atoms with Crippen molar-refractivity contribution in [2.75, 3.05) is 11.9 Å². The first-order valence-electron chi connectivity index (χ1n) is 8.64. The van der Waals surface area contributed by atoms with E-state index in [4.69, 9.17) is 0 Å². The van der Waals surface area contributed by atoms with Gasteiger partial charge in [0.15, 0.2) is 0 Å². The van der Waals surface area contributed by atoms with Crippen molar-refractivity contribution < 1.29 is 9.59 Å². The lowest BCUT2D eigenvalue weighted by Crippen LogP contribution is -2.43. The SMILES string of the molecule is Cc1cccc(-c2nnc(NC(=O)[C@H]3CCCN3C(=O)C3CC3)s2)c1. The Kier molecular flexibility index (Phi) is 4.25. The fraction of sp³-hybridized carbons (Fsp3) is 0.444. The van der Waals surface area contributed by atoms with Crippen molar-refractivity contribution >= 4 is 28.3 Å². The highest BCUT2D eigenvalue weighted by molar-refractivity contribution is 7.18. The molecule has 4 rings (SSSR count). The number of nitrogens with one attached hydrogen (secondary N) is 1. The highest BCUT2D eigenvalue weighted by Crippen LogP contribution is 2.34. The number of aromatic nitrogens is 2. The molecule has 2 aromatic rings. The number of anilines is 1. The molecule has 2 aliphatic rings. The molecule has 1 N–H and O–H groups in total. The Morgan fingerprint density at radius 1 is 1.24 bits per heavy atom. The van der Waals surface area contributed by atoms with Crippen LogP contribution in [0.4, 0.5) is 5.13 Å². The molecule has 25 heavy (non-hydrogen) atoms. The molecule has 0 radical (unpaired) electrons. The molecule has 1 atom stereocenters. The maximum absolute atomic E-state index is 12.6. The standard InChI is InChI=1S/C18H20N4O2S/c1-11-4-2-5-13(10-11)16-20-21-18(25-16)19-15(23)14-6-3-9-22(14)17(24)12-7-8-12/h2,4-5,10,12,14H,3,6-9H2,1H3,(H,19,21,23)/t14-/m1/s1. The Morgan fingerprint density at radius 3 is 2.84 bits per heavy atom. The van der Waals surface area contributed by atoms with E-state index in [1.165, 1.54) is 11.3 Å². The van der Waals surface area contributed by atoms with Gasteiger partial charge in [0.1, 0.15) is 11.0 Å². The highest BCUT2D eigenvalue weighted by Gasteiger charge is 2.41. The van der Waals surface area contributed by atoms with Gasteiger partial charge in [0.25, 0.3) is 0 Å². The minimum absolute atomic E-state index is 0.135. The number of rotatable bonds is 4. The van der Waals surface area contributed by atoms with E-state index in [1.807, 2.05) is 31.2 Å². The summed E-state index contributed by atoms with van der Waals surface area (Å²) in [5.41, 5.74) is 2.14. The fourth-order valence-electron chi connectivity index (χ4n) is 3.23. The molecule has 7 heteroatoms. The summed E-state index contributed by atoms with van der Waals surface area (Å²) >= 11 is 1.35. The average molecular weight is 356 g/mol. The number of aryl methyl sites for hydroxylation is 1. The molecule has 1 aromatic heterocycles. The highest BCUT2D eigenvalue weighted by atomic mass is 32.1. The van der Waals surface area contributed by atoms with Crippen LogP contribution in [0.2, 0.25) is 0 Å². The van der Waals surface area contributed by atoms with Crippen molar-refractivity contribution in [1.82, 2.24) is 15.1 Å². The third kappa shape index (κ3) is 3.42. The average Bonchev–Trinajstić information content (AvgIpc) is 3.15. The van der Waals surface area contributed by atoms with Crippen molar-refractivity contribution in [3.63, 3.8) is 0 Å². The number of carbonyl (C=O) groups is 2. The van der Waals surface area contributed by atoms with Crippen LogP contribution >= 0.6 is 11.3 Å². The Labute approximate surface area is 150 Å². The number of nitrogens with zero attached hydrogens (tertiary/aromatic N) is 3. The molecule has 2 fully saturated rings. The first-order valence-corrected chi connectivity index (χ1v) is 9.45. The van der Waals surface area contributed by atoms with Crippen molar-refractivity contribution in [2.45, 2.75) is 38.6 Å². The summed E-state index contributed by atoms with van der Waals surface area (Å²) < 4.78 is 0. The van der Waals surface area contributed by atoms with Gasteiger partial charge >= 0.3 is 0 Å². The van der Waals surface area contributed by atoms with Gasteiger partial charge in [-0.25, -0.2) is 0 Å². The van der Waals surface area contributed by atoms with Crippen LogP contribution in [0.5, 0.6) is 0 Å². The van der Waals surface area contributed by atoms with Crippen molar-refractivity contribution in [1.29, 1.82) is 0 Å². The second-order valence-corrected chi connectivity index (χ2v) is 7.71. The van der Waals surface area contributed by atoms with E-state index in [2.05, 4.69) is 15.5 Å². The number of benzene rings is 1. The molecule has 2 heterocycles. The Bertz CT molecular complexity index is 815. The van der Waals surface area contributed by atoms with Crippen molar-refractivity contribution in [3.05, 3.63) is 29.8 Å². The third-order valence-corrected chi connectivity index (χ3v) is 5.57. The van der Waals surface area contributed by atoms with Gasteiger partial charge < -0.3 is 4.90 Å². The van der Waals surface area contributed by atoms with Gasteiger partial charge in [0.2, 0.25) is 16.9 Å². The molecule has 1 aliphatic heterocycles. The zero-order valence-corrected chi connectivity index (χ0v) is 14.9. The minimum Gasteiger partial charge on any atom is -0.330 e. The topological polar surface area (TPSA) is 75.2 Å². The van der Waals surface area contributed by atoms with E-state index in [0.29, 0.717) is 18.1 Å². The fourth-order valence-corrected chi connectivity index (χ4v) is 3.97. The zero-order valence-electron chi connectivity index (χ0n) is 14.1. The molecular weight excluding hydrogens is 336 g/mol. The monoisotopic (exact) mass is 356 g/mol. The molecule has 1 aromatic carbocycles.